The number of carbonyl (C=O) groups is 4. The number of hydrogen-bond acceptors (Lipinski definition) is 26. The van der Waals surface area contributed by atoms with E-state index in [1.165, 1.54) is 25.1 Å². The number of hydrogen-bond donors (Lipinski definition) is 16. The molecule has 0 spiro atoms. The van der Waals surface area contributed by atoms with Gasteiger partial charge in [-0.25, -0.2) is 4.79 Å². The van der Waals surface area contributed by atoms with Crippen molar-refractivity contribution in [3.05, 3.63) is 119 Å². The van der Waals surface area contributed by atoms with Crippen molar-refractivity contribution in [3.8, 4) is 5.75 Å². The lowest BCUT2D eigenvalue weighted by Gasteiger charge is -2.45. The monoisotopic (exact) mass is 1320 g/mol. The molecule has 3 fully saturated rings. The number of carboxylic acids is 1. The predicted octanol–water partition coefficient (Wildman–Crippen LogP) is -0.0899. The van der Waals surface area contributed by atoms with Gasteiger partial charge in [-0.15, -0.1) is 0 Å². The van der Waals surface area contributed by atoms with Crippen molar-refractivity contribution < 1.29 is 129 Å². The largest absolute Gasteiger partial charge is 0.481 e. The Labute approximate surface area is 537 Å². The van der Waals surface area contributed by atoms with Gasteiger partial charge in [-0.2, -0.15) is 0 Å². The van der Waals surface area contributed by atoms with Crippen LogP contribution in [0.25, 0.3) is 0 Å². The number of alkyl carbamates (subject to hydrolysis) is 1. The number of amides is 2. The zero-order valence-electron chi connectivity index (χ0n) is 52.2. The molecule has 93 heavy (non-hydrogen) atoms. The summed E-state index contributed by atoms with van der Waals surface area (Å²) < 4.78 is 40.1. The number of esters is 1. The van der Waals surface area contributed by atoms with Gasteiger partial charge in [0.15, 0.2) is 17.8 Å². The van der Waals surface area contributed by atoms with Gasteiger partial charge in [0.05, 0.1) is 85.0 Å². The molecule has 1 aromatic carbocycles. The predicted molar refractivity (Wildman–Crippen MR) is 325 cm³/mol. The number of nitro groups is 1. The first-order valence-electron chi connectivity index (χ1n) is 30.6. The molecule has 24 atom stereocenters. The van der Waals surface area contributed by atoms with Crippen LogP contribution in [0.15, 0.2) is 103 Å². The number of aliphatic carboxylic acids is 1. The maximum atomic E-state index is 13.4. The zero-order valence-corrected chi connectivity index (χ0v) is 52.2. The highest BCUT2D eigenvalue weighted by atomic mass is 16.7. The average molecular weight is 1320 g/mol. The van der Waals surface area contributed by atoms with Gasteiger partial charge in [-0.1, -0.05) is 105 Å². The normalized spacial score (nSPS) is 40.1. The summed E-state index contributed by atoms with van der Waals surface area (Å²) in [4.78, 5) is 62.3. The maximum Gasteiger partial charge on any atom is 0.407 e. The third-order valence-electron chi connectivity index (χ3n) is 16.3. The Hall–Kier alpha value is -6.40. The Balaban J connectivity index is 1.35. The molecule has 3 saturated heterocycles. The molecule has 2 bridgehead atoms. The highest BCUT2D eigenvalue weighted by Gasteiger charge is 2.52. The fourth-order valence-electron chi connectivity index (χ4n) is 11.0. The van der Waals surface area contributed by atoms with Gasteiger partial charge < -0.3 is 115 Å². The van der Waals surface area contributed by atoms with Crippen LogP contribution in [0.5, 0.6) is 5.75 Å². The minimum atomic E-state index is -2.48. The smallest absolute Gasteiger partial charge is 0.407 e. The topological polar surface area (TPSA) is 483 Å². The number of nitro benzene ring substituents is 1. The number of aliphatic hydroxyl groups excluding tert-OH is 12. The van der Waals surface area contributed by atoms with Crippen LogP contribution < -0.4 is 15.4 Å². The third-order valence-corrected chi connectivity index (χ3v) is 16.3. The Morgan fingerprint density at radius 1 is 0.677 bits per heavy atom. The van der Waals surface area contributed by atoms with Crippen LogP contribution in [-0.4, -0.2) is 235 Å². The van der Waals surface area contributed by atoms with Crippen molar-refractivity contribution in [2.75, 3.05) is 6.61 Å². The van der Waals surface area contributed by atoms with E-state index in [9.17, 15) is 101 Å². The molecule has 0 aliphatic carbocycles. The molecule has 4 heterocycles. The molecule has 0 aromatic heterocycles. The second kappa shape index (κ2) is 37.0. The third kappa shape index (κ3) is 23.8. The van der Waals surface area contributed by atoms with E-state index in [-0.39, 0.29) is 30.7 Å². The molecule has 30 nitrogen and oxygen atoms in total. The van der Waals surface area contributed by atoms with Crippen molar-refractivity contribution in [1.82, 2.24) is 10.6 Å². The minimum absolute atomic E-state index is 0.00949. The second-order valence-corrected chi connectivity index (χ2v) is 23.8. The Bertz CT molecular complexity index is 2800. The Morgan fingerprint density at radius 2 is 1.30 bits per heavy atom. The number of allylic oxidation sites excluding steroid dienone is 12. The molecule has 16 N–H and O–H groups in total. The standard InChI is InChI=1S/C63H91N3O27/c1-33-18-16-14-12-10-8-6-7-9-11-13-15-17-19-42(28-48-51(59(81)82)46(74)30-63(84,93-48)29-41(71)26-45(73)44(72)22-21-39(69)25-40(70)27-50(75)88-35(3)34(2)54(33)76)90-61-58(80)52(55(77)36(4)89-61)65-62(83)87-32-38-20-23-47(43(24-38)66(85)86)91-60-53(64-37(5)68)57(79)56(78)49(31-67)92-60/h6-20,23-24,33-36,39-42,44-46,48-49,51-58,60-61,67,69-74,76-80,84H,21-22,25-32H2,1-5H3,(H,64,68)(H,65,83)(H,81,82)/b7-6+,10-8+,11-9+,14-12+,15-13+,18-16+,19-17+/t33-,34-,35-,36+,39+,40+,41-,42-,44+,45+,46-,48?,49+,51+,52-,53+,54+,55+,56?,57+,58-,60+,61-,63+/m0/s1. The lowest BCUT2D eigenvalue weighted by Crippen LogP contribution is -2.65. The number of carboxylic acid groups (broad SMARTS) is 1. The molecule has 5 rings (SSSR count). The summed E-state index contributed by atoms with van der Waals surface area (Å²) in [6.07, 6.45) is -8.69. The first-order chi connectivity index (χ1) is 43.9. The average Bonchev–Trinajstić information content (AvgIpc) is 0.837. The van der Waals surface area contributed by atoms with Crippen LogP contribution in [0.2, 0.25) is 0 Å². The van der Waals surface area contributed by atoms with Crippen LogP contribution in [-0.2, 0) is 49.4 Å². The van der Waals surface area contributed by atoms with E-state index in [0.29, 0.717) is 0 Å². The van der Waals surface area contributed by atoms with Crippen LogP contribution in [0.3, 0.4) is 0 Å². The van der Waals surface area contributed by atoms with Crippen LogP contribution in [0.1, 0.15) is 91.5 Å². The maximum absolute atomic E-state index is 13.4. The van der Waals surface area contributed by atoms with Crippen LogP contribution in [0, 0.1) is 27.9 Å². The van der Waals surface area contributed by atoms with E-state index in [2.05, 4.69) is 10.6 Å². The molecule has 2 unspecified atom stereocenters. The Kier molecular flexibility index (Phi) is 30.8. The number of cyclic esters (lactones) is 1. The van der Waals surface area contributed by atoms with Gasteiger partial charge >= 0.3 is 23.7 Å². The summed E-state index contributed by atoms with van der Waals surface area (Å²) >= 11 is 0. The second-order valence-electron chi connectivity index (χ2n) is 23.8. The van der Waals surface area contributed by atoms with E-state index in [0.717, 1.165) is 19.1 Å². The van der Waals surface area contributed by atoms with Crippen LogP contribution in [0.4, 0.5) is 10.5 Å². The molecule has 4 aliphatic rings. The number of rotatable bonds is 11. The minimum Gasteiger partial charge on any atom is -0.481 e. The highest BCUT2D eigenvalue weighted by Crippen LogP contribution is 2.39. The van der Waals surface area contributed by atoms with Crippen molar-refractivity contribution in [3.63, 3.8) is 0 Å². The summed E-state index contributed by atoms with van der Waals surface area (Å²) in [6.45, 7) is 6.15. The van der Waals surface area contributed by atoms with Gasteiger partial charge in [-0.3, -0.25) is 24.5 Å². The number of fused-ring (bicyclic) bond motifs is 2. The molecule has 4 aliphatic heterocycles. The summed E-state index contributed by atoms with van der Waals surface area (Å²) in [5.41, 5.74) is -0.698. The summed E-state index contributed by atoms with van der Waals surface area (Å²) in [5, 5.41) is 169. The number of benzene rings is 1. The number of nitrogens with one attached hydrogen (secondary N) is 2. The van der Waals surface area contributed by atoms with Crippen LogP contribution >= 0.6 is 0 Å². The molecule has 1 aromatic rings. The molecule has 0 radical (unpaired) electrons. The fourth-order valence-corrected chi connectivity index (χ4v) is 11.0. The lowest BCUT2D eigenvalue weighted by atomic mass is 9.82. The number of aliphatic hydroxyl groups is 13. The molecular weight excluding hydrogens is 1230 g/mol. The quantitative estimate of drug-likeness (QED) is 0.0782. The van der Waals surface area contributed by atoms with E-state index in [1.807, 2.05) is 0 Å². The van der Waals surface area contributed by atoms with Crippen molar-refractivity contribution in [2.45, 2.75) is 221 Å². The van der Waals surface area contributed by atoms with Gasteiger partial charge in [0.25, 0.3) is 0 Å². The van der Waals surface area contributed by atoms with Gasteiger partial charge in [-0.05, 0) is 44.7 Å². The number of ether oxygens (including phenoxy) is 7. The summed E-state index contributed by atoms with van der Waals surface area (Å²) in [7, 11) is 0. The summed E-state index contributed by atoms with van der Waals surface area (Å²) in [6, 6.07) is 0.231. The lowest BCUT2D eigenvalue weighted by molar-refractivity contribution is -0.386. The van der Waals surface area contributed by atoms with E-state index in [4.69, 9.17) is 33.2 Å². The zero-order chi connectivity index (χ0) is 68.9. The SMILES string of the molecule is CC(=O)N[C@H]1[C@H](Oc2ccc(COC(=O)N[C@@H]3[C@H](O)[C@H](O[C@H]4/C=C/C=C/C=C/C=C/C=C/C=C/C=C/[C@H](C)[C@@H](O)[C@@H](C)[C@H](C)OC(=O)C[C@H](O)C[C@H](O)CC[C@@H](O)[C@H](O)C[C@H](O)C[C@]5(O)C[C@H](O)[C@@H](C(=O)O)C(C4)O5)O[C@H](C)[C@H]3O)cc2[N+](=O)[O-])O[C@H](CO)C(O)[C@@H]1O. The van der Waals surface area contributed by atoms with Crippen molar-refractivity contribution in [2.24, 2.45) is 17.8 Å². The number of carbonyl (C=O) groups excluding carboxylic acids is 3. The molecule has 30 heteroatoms. The Morgan fingerprint density at radius 3 is 1.90 bits per heavy atom. The number of nitrogens with zero attached hydrogens (tertiary/aromatic N) is 1. The van der Waals surface area contributed by atoms with Crippen molar-refractivity contribution >= 4 is 29.6 Å². The van der Waals surface area contributed by atoms with E-state index in [1.54, 1.807) is 93.7 Å². The van der Waals surface area contributed by atoms with Gasteiger partial charge in [0.1, 0.15) is 55.2 Å². The fraction of sp³-hybridized carbons (Fsp3) is 0.619. The first kappa shape index (κ1) is 77.3. The first-order valence-corrected chi connectivity index (χ1v) is 30.6. The summed E-state index contributed by atoms with van der Waals surface area (Å²) in [5.74, 6) is -8.55. The van der Waals surface area contributed by atoms with Gasteiger partial charge in [0.2, 0.25) is 12.2 Å². The highest BCUT2D eigenvalue weighted by molar-refractivity contribution is 5.73. The van der Waals surface area contributed by atoms with E-state index >= 15 is 0 Å². The molecule has 2 amide bonds. The molecule has 0 saturated carbocycles. The van der Waals surface area contributed by atoms with Crippen molar-refractivity contribution in [1.29, 1.82) is 0 Å². The molecule has 520 valence electrons. The van der Waals surface area contributed by atoms with E-state index < -0.39 is 226 Å². The molecular formula is C63H91N3O27. The van der Waals surface area contributed by atoms with Gasteiger partial charge in [0, 0.05) is 50.5 Å².